The molecule has 0 saturated carbocycles. The van der Waals surface area contributed by atoms with Crippen LogP contribution in [-0.2, 0) is 6.54 Å². The van der Waals surface area contributed by atoms with Gasteiger partial charge in [0.1, 0.15) is 5.75 Å². The van der Waals surface area contributed by atoms with E-state index in [-0.39, 0.29) is 5.75 Å². The first-order valence-corrected chi connectivity index (χ1v) is 7.47. The highest BCUT2D eigenvalue weighted by molar-refractivity contribution is 14.1. The second-order valence-corrected chi connectivity index (χ2v) is 6.19. The van der Waals surface area contributed by atoms with Gasteiger partial charge in [-0.2, -0.15) is 0 Å². The zero-order chi connectivity index (χ0) is 13.1. The fourth-order valence-corrected chi connectivity index (χ4v) is 2.39. The van der Waals surface area contributed by atoms with Crippen LogP contribution in [0.4, 0.5) is 5.69 Å². The molecule has 0 saturated heterocycles. The molecule has 0 aromatic heterocycles. The average molecular weight is 438 g/mol. The summed E-state index contributed by atoms with van der Waals surface area (Å²) >= 11 is 11.6. The van der Waals surface area contributed by atoms with E-state index >= 15 is 0 Å². The number of anilines is 1. The van der Waals surface area contributed by atoms with Gasteiger partial charge in [0.2, 0.25) is 0 Å². The van der Waals surface area contributed by atoms with Gasteiger partial charge in [-0.1, -0.05) is 17.7 Å². The van der Waals surface area contributed by atoms with E-state index in [1.54, 1.807) is 12.1 Å². The van der Waals surface area contributed by atoms with Gasteiger partial charge in [-0.3, -0.25) is 0 Å². The van der Waals surface area contributed by atoms with Crippen LogP contribution in [0, 0.1) is 3.57 Å². The summed E-state index contributed by atoms with van der Waals surface area (Å²) in [6.45, 7) is 0.660. The van der Waals surface area contributed by atoms with Crippen LogP contribution in [0.3, 0.4) is 0 Å². The minimum Gasteiger partial charge on any atom is -0.506 e. The number of aromatic hydroxyl groups is 1. The van der Waals surface area contributed by atoms with Gasteiger partial charge in [0.15, 0.2) is 0 Å². The van der Waals surface area contributed by atoms with Crippen LogP contribution in [0.1, 0.15) is 5.56 Å². The topological polar surface area (TPSA) is 32.3 Å². The van der Waals surface area contributed by atoms with Crippen molar-refractivity contribution in [3.05, 3.63) is 55.0 Å². The van der Waals surface area contributed by atoms with Crippen molar-refractivity contribution in [1.82, 2.24) is 0 Å². The van der Waals surface area contributed by atoms with Crippen LogP contribution in [0.5, 0.6) is 5.75 Å². The molecule has 0 atom stereocenters. The Morgan fingerprint density at radius 3 is 2.67 bits per heavy atom. The van der Waals surface area contributed by atoms with Crippen molar-refractivity contribution in [3.8, 4) is 5.75 Å². The third kappa shape index (κ3) is 3.52. The fraction of sp³-hybridized carbons (Fsp3) is 0.0769. The molecule has 0 aliphatic heterocycles. The molecule has 94 valence electrons. The Labute approximate surface area is 133 Å². The maximum absolute atomic E-state index is 9.34. The van der Waals surface area contributed by atoms with Crippen molar-refractivity contribution < 1.29 is 5.11 Å². The van der Waals surface area contributed by atoms with Crippen molar-refractivity contribution >= 4 is 55.8 Å². The van der Waals surface area contributed by atoms with E-state index in [0.717, 1.165) is 15.7 Å². The quantitative estimate of drug-likeness (QED) is 0.660. The lowest BCUT2D eigenvalue weighted by Crippen LogP contribution is -1.99. The fourth-order valence-electron chi connectivity index (χ4n) is 1.47. The van der Waals surface area contributed by atoms with Crippen molar-refractivity contribution in [2.75, 3.05) is 5.32 Å². The highest BCUT2D eigenvalue weighted by Crippen LogP contribution is 2.25. The molecule has 0 bridgehead atoms. The van der Waals surface area contributed by atoms with Crippen molar-refractivity contribution in [2.24, 2.45) is 0 Å². The van der Waals surface area contributed by atoms with Gasteiger partial charge >= 0.3 is 0 Å². The average Bonchev–Trinajstić information content (AvgIpc) is 2.35. The Balaban J connectivity index is 2.06. The summed E-state index contributed by atoms with van der Waals surface area (Å²) in [6, 6.07) is 11.3. The molecule has 2 aromatic carbocycles. The molecule has 0 unspecified atom stereocenters. The number of halogens is 3. The number of phenolic OH excluding ortho intramolecular Hbond substituents is 1. The van der Waals surface area contributed by atoms with E-state index in [1.807, 2.05) is 24.3 Å². The van der Waals surface area contributed by atoms with Gasteiger partial charge in [-0.05, 0) is 74.4 Å². The molecule has 0 amide bonds. The lowest BCUT2D eigenvalue weighted by atomic mass is 10.2. The Morgan fingerprint density at radius 1 is 1.22 bits per heavy atom. The third-order valence-corrected chi connectivity index (χ3v) is 5.07. The van der Waals surface area contributed by atoms with Gasteiger partial charge in [-0.15, -0.1) is 0 Å². The highest BCUT2D eigenvalue weighted by Gasteiger charge is 2.01. The number of phenols is 1. The van der Waals surface area contributed by atoms with Gasteiger partial charge < -0.3 is 10.4 Å². The summed E-state index contributed by atoms with van der Waals surface area (Å²) < 4.78 is 2.24. The van der Waals surface area contributed by atoms with Crippen molar-refractivity contribution in [3.63, 3.8) is 0 Å². The summed E-state index contributed by atoms with van der Waals surface area (Å²) in [7, 11) is 0. The second-order valence-electron chi connectivity index (χ2n) is 3.77. The standard InChI is InChI=1S/C13H10BrClINO/c14-10-6-9(2-3-12(10)16)17-7-8-1-4-13(18)11(15)5-8/h1-6,17-18H,7H2. The van der Waals surface area contributed by atoms with Crippen LogP contribution in [0.15, 0.2) is 40.9 Å². The molecule has 0 aliphatic carbocycles. The molecule has 0 fully saturated rings. The third-order valence-electron chi connectivity index (χ3n) is 2.43. The van der Waals surface area contributed by atoms with E-state index in [9.17, 15) is 5.11 Å². The van der Waals surface area contributed by atoms with Crippen molar-refractivity contribution in [2.45, 2.75) is 6.54 Å². The van der Waals surface area contributed by atoms with E-state index < -0.39 is 0 Å². The lowest BCUT2D eigenvalue weighted by molar-refractivity contribution is 0.475. The minimum absolute atomic E-state index is 0.109. The van der Waals surface area contributed by atoms with Gasteiger partial charge in [-0.25, -0.2) is 0 Å². The largest absolute Gasteiger partial charge is 0.506 e. The normalized spacial score (nSPS) is 10.4. The molecule has 2 aromatic rings. The Morgan fingerprint density at radius 2 is 2.00 bits per heavy atom. The number of benzene rings is 2. The zero-order valence-electron chi connectivity index (χ0n) is 9.25. The van der Waals surface area contributed by atoms with E-state index in [1.165, 1.54) is 3.57 Å². The molecule has 18 heavy (non-hydrogen) atoms. The predicted octanol–water partition coefficient (Wildman–Crippen LogP) is 5.02. The molecule has 2 nitrogen and oxygen atoms in total. The Kier molecular flexibility index (Phi) is 4.75. The van der Waals surface area contributed by atoms with Crippen molar-refractivity contribution in [1.29, 1.82) is 0 Å². The molecule has 0 aliphatic rings. The first kappa shape index (κ1) is 14.0. The summed E-state index contributed by atoms with van der Waals surface area (Å²) in [6.07, 6.45) is 0. The molecule has 2 N–H and O–H groups in total. The van der Waals surface area contributed by atoms with Gasteiger partial charge in [0.05, 0.1) is 5.02 Å². The first-order chi connectivity index (χ1) is 8.56. The van der Waals surface area contributed by atoms with E-state index in [4.69, 9.17) is 11.6 Å². The maximum Gasteiger partial charge on any atom is 0.134 e. The summed E-state index contributed by atoms with van der Waals surface area (Å²) in [4.78, 5) is 0. The van der Waals surface area contributed by atoms with Crippen LogP contribution in [-0.4, -0.2) is 5.11 Å². The van der Waals surface area contributed by atoms with E-state index in [2.05, 4.69) is 43.8 Å². The SMILES string of the molecule is Oc1ccc(CNc2ccc(I)c(Br)c2)cc1Cl. The first-order valence-electron chi connectivity index (χ1n) is 5.22. The van der Waals surface area contributed by atoms with Gasteiger partial charge in [0.25, 0.3) is 0 Å². The molecule has 5 heteroatoms. The molecule has 0 radical (unpaired) electrons. The van der Waals surface area contributed by atoms with Crippen LogP contribution < -0.4 is 5.32 Å². The number of hydrogen-bond donors (Lipinski definition) is 2. The Bertz CT molecular complexity index is 525. The predicted molar refractivity (Wildman–Crippen MR) is 87.3 cm³/mol. The highest BCUT2D eigenvalue weighted by atomic mass is 127. The molecular formula is C13H10BrClINO. The number of nitrogens with one attached hydrogen (secondary N) is 1. The molecular weight excluding hydrogens is 428 g/mol. The van der Waals surface area contributed by atoms with Gasteiger partial charge in [0, 0.05) is 20.3 Å². The smallest absolute Gasteiger partial charge is 0.134 e. The monoisotopic (exact) mass is 437 g/mol. The molecule has 0 spiro atoms. The van der Waals surface area contributed by atoms with Crippen LogP contribution in [0.25, 0.3) is 0 Å². The minimum atomic E-state index is 0.109. The lowest BCUT2D eigenvalue weighted by Gasteiger charge is -2.08. The Hall–Kier alpha value is -0.460. The number of rotatable bonds is 3. The molecule has 2 rings (SSSR count). The maximum atomic E-state index is 9.34. The van der Waals surface area contributed by atoms with Crippen LogP contribution in [0.2, 0.25) is 5.02 Å². The molecule has 0 heterocycles. The second kappa shape index (κ2) is 6.12. The van der Waals surface area contributed by atoms with Crippen LogP contribution >= 0.6 is 50.1 Å². The zero-order valence-corrected chi connectivity index (χ0v) is 13.8. The summed E-state index contributed by atoms with van der Waals surface area (Å²) in [5.74, 6) is 0.109. The summed E-state index contributed by atoms with van der Waals surface area (Å²) in [5.41, 5.74) is 2.05. The summed E-state index contributed by atoms with van der Waals surface area (Å²) in [5, 5.41) is 13.0. The van der Waals surface area contributed by atoms with E-state index in [0.29, 0.717) is 11.6 Å². The number of hydrogen-bond acceptors (Lipinski definition) is 2.